The summed E-state index contributed by atoms with van der Waals surface area (Å²) in [5, 5.41) is 4.80. The lowest BCUT2D eigenvalue weighted by atomic mass is 9.97. The molecule has 1 aromatic carbocycles. The van der Waals surface area contributed by atoms with E-state index in [1.165, 1.54) is 16.8 Å². The maximum absolute atomic E-state index is 4.80. The molecule has 2 aromatic heterocycles. The van der Waals surface area contributed by atoms with Crippen LogP contribution in [0.3, 0.4) is 0 Å². The molecule has 0 N–H and O–H groups in total. The van der Waals surface area contributed by atoms with Gasteiger partial charge in [0.1, 0.15) is 0 Å². The van der Waals surface area contributed by atoms with Crippen molar-refractivity contribution in [3.05, 3.63) is 77.9 Å². The van der Waals surface area contributed by atoms with E-state index in [0.29, 0.717) is 5.92 Å². The highest BCUT2D eigenvalue weighted by Gasteiger charge is 2.27. The number of hydrogen-bond acceptors (Lipinski definition) is 2. The molecule has 0 saturated carbocycles. The highest BCUT2D eigenvalue weighted by atomic mass is 15.3. The second-order valence-electron chi connectivity index (χ2n) is 5.20. The van der Waals surface area contributed by atoms with Crippen LogP contribution in [-0.2, 0) is 6.42 Å². The molecule has 1 unspecified atom stereocenters. The summed E-state index contributed by atoms with van der Waals surface area (Å²) in [6.07, 6.45) is 8.05. The minimum atomic E-state index is 0.434. The molecule has 2 heterocycles. The largest absolute Gasteiger partial charge is 0.262 e. The summed E-state index contributed by atoms with van der Waals surface area (Å²) < 4.78 is 1.95. The number of hydrogen-bond donors (Lipinski definition) is 0. The van der Waals surface area contributed by atoms with Crippen LogP contribution in [0.2, 0.25) is 0 Å². The van der Waals surface area contributed by atoms with Crippen LogP contribution < -0.4 is 0 Å². The predicted molar refractivity (Wildman–Crippen MR) is 78.0 cm³/mol. The third-order valence-corrected chi connectivity index (χ3v) is 3.97. The van der Waals surface area contributed by atoms with Crippen LogP contribution in [0.5, 0.6) is 0 Å². The standard InChI is InChI=1S/C17H15N3/c1-2-5-13(6-3-1)16-9-8-14-12-20(19-17(14)16)15-7-4-10-18-11-15/h1-7,10-12,16H,8-9H2. The van der Waals surface area contributed by atoms with Gasteiger partial charge in [-0.15, -0.1) is 0 Å². The van der Waals surface area contributed by atoms with Crippen molar-refractivity contribution in [1.29, 1.82) is 0 Å². The minimum absolute atomic E-state index is 0.434. The van der Waals surface area contributed by atoms with E-state index in [1.54, 1.807) is 6.20 Å². The van der Waals surface area contributed by atoms with E-state index in [-0.39, 0.29) is 0 Å². The summed E-state index contributed by atoms with van der Waals surface area (Å²) in [4.78, 5) is 4.16. The van der Waals surface area contributed by atoms with E-state index in [9.17, 15) is 0 Å². The second kappa shape index (κ2) is 4.60. The summed E-state index contributed by atoms with van der Waals surface area (Å²) in [7, 11) is 0. The lowest BCUT2D eigenvalue weighted by Crippen LogP contribution is -2.01. The minimum Gasteiger partial charge on any atom is -0.262 e. The molecule has 3 heteroatoms. The smallest absolute Gasteiger partial charge is 0.0828 e. The van der Waals surface area contributed by atoms with E-state index in [2.05, 4.69) is 41.5 Å². The van der Waals surface area contributed by atoms with Crippen molar-refractivity contribution < 1.29 is 0 Å². The van der Waals surface area contributed by atoms with Crippen LogP contribution >= 0.6 is 0 Å². The molecular weight excluding hydrogens is 246 g/mol. The van der Waals surface area contributed by atoms with Gasteiger partial charge in [-0.3, -0.25) is 4.98 Å². The van der Waals surface area contributed by atoms with Crippen molar-refractivity contribution in [2.45, 2.75) is 18.8 Å². The lowest BCUT2D eigenvalue weighted by Gasteiger charge is -2.09. The van der Waals surface area contributed by atoms with Crippen LogP contribution in [-0.4, -0.2) is 14.8 Å². The third kappa shape index (κ3) is 1.83. The van der Waals surface area contributed by atoms with Crippen LogP contribution in [0.4, 0.5) is 0 Å². The van der Waals surface area contributed by atoms with Crippen LogP contribution in [0.15, 0.2) is 61.1 Å². The number of benzene rings is 1. The molecule has 3 aromatic rings. The van der Waals surface area contributed by atoms with Crippen molar-refractivity contribution in [3.8, 4) is 5.69 Å². The lowest BCUT2D eigenvalue weighted by molar-refractivity contribution is 0.725. The zero-order valence-electron chi connectivity index (χ0n) is 11.1. The molecule has 0 aliphatic heterocycles. The molecule has 3 nitrogen and oxygen atoms in total. The van der Waals surface area contributed by atoms with Gasteiger partial charge >= 0.3 is 0 Å². The van der Waals surface area contributed by atoms with Gasteiger partial charge in [0.25, 0.3) is 0 Å². The molecule has 20 heavy (non-hydrogen) atoms. The van der Waals surface area contributed by atoms with Gasteiger partial charge in [0.05, 0.1) is 17.6 Å². The molecule has 0 amide bonds. The maximum Gasteiger partial charge on any atom is 0.0828 e. The van der Waals surface area contributed by atoms with Gasteiger partial charge in [-0.2, -0.15) is 5.10 Å². The van der Waals surface area contributed by atoms with Gasteiger partial charge in [0.2, 0.25) is 0 Å². The zero-order chi connectivity index (χ0) is 13.4. The molecular formula is C17H15N3. The first-order valence-electron chi connectivity index (χ1n) is 6.95. The molecule has 0 spiro atoms. The van der Waals surface area contributed by atoms with E-state index in [4.69, 9.17) is 5.10 Å². The van der Waals surface area contributed by atoms with E-state index >= 15 is 0 Å². The van der Waals surface area contributed by atoms with Gasteiger partial charge < -0.3 is 0 Å². The molecule has 0 bridgehead atoms. The number of pyridine rings is 1. The average molecular weight is 261 g/mol. The first-order chi connectivity index (χ1) is 9.92. The Labute approximate surface area is 117 Å². The monoisotopic (exact) mass is 261 g/mol. The normalized spacial score (nSPS) is 17.1. The summed E-state index contributed by atoms with van der Waals surface area (Å²) in [5.74, 6) is 0.434. The molecule has 0 saturated heterocycles. The summed E-state index contributed by atoms with van der Waals surface area (Å²) in [6.45, 7) is 0. The van der Waals surface area contributed by atoms with Crippen molar-refractivity contribution in [3.63, 3.8) is 0 Å². The first kappa shape index (κ1) is 11.4. The molecule has 4 rings (SSSR count). The Bertz CT molecular complexity index is 717. The Kier molecular flexibility index (Phi) is 2.62. The molecule has 0 fully saturated rings. The fourth-order valence-electron chi connectivity index (χ4n) is 2.98. The number of aromatic nitrogens is 3. The first-order valence-corrected chi connectivity index (χ1v) is 6.95. The highest BCUT2D eigenvalue weighted by molar-refractivity contribution is 5.39. The SMILES string of the molecule is c1ccc(C2CCc3cn(-c4cccnc4)nc32)cc1. The van der Waals surface area contributed by atoms with Crippen molar-refractivity contribution in [2.24, 2.45) is 0 Å². The van der Waals surface area contributed by atoms with Crippen LogP contribution in [0.25, 0.3) is 5.69 Å². The Balaban J connectivity index is 1.74. The van der Waals surface area contributed by atoms with Gasteiger partial charge in [0.15, 0.2) is 0 Å². The van der Waals surface area contributed by atoms with Gasteiger partial charge in [-0.25, -0.2) is 4.68 Å². The quantitative estimate of drug-likeness (QED) is 0.708. The fraction of sp³-hybridized carbons (Fsp3) is 0.176. The molecule has 1 atom stereocenters. The average Bonchev–Trinajstić information content (AvgIpc) is 3.09. The van der Waals surface area contributed by atoms with E-state index in [0.717, 1.165) is 18.5 Å². The zero-order valence-corrected chi connectivity index (χ0v) is 11.1. The van der Waals surface area contributed by atoms with E-state index < -0.39 is 0 Å². The molecule has 0 radical (unpaired) electrons. The summed E-state index contributed by atoms with van der Waals surface area (Å²) in [5.41, 5.74) is 4.97. The highest BCUT2D eigenvalue weighted by Crippen LogP contribution is 2.37. The summed E-state index contributed by atoms with van der Waals surface area (Å²) >= 11 is 0. The fourth-order valence-corrected chi connectivity index (χ4v) is 2.98. The van der Waals surface area contributed by atoms with Crippen LogP contribution in [0.1, 0.15) is 29.2 Å². The number of fused-ring (bicyclic) bond motifs is 1. The van der Waals surface area contributed by atoms with Crippen molar-refractivity contribution >= 4 is 0 Å². The Hall–Kier alpha value is -2.42. The summed E-state index contributed by atoms with van der Waals surface area (Å²) in [6, 6.07) is 14.6. The van der Waals surface area contributed by atoms with Gasteiger partial charge in [-0.05, 0) is 36.1 Å². The third-order valence-electron chi connectivity index (χ3n) is 3.97. The van der Waals surface area contributed by atoms with Crippen molar-refractivity contribution in [1.82, 2.24) is 14.8 Å². The van der Waals surface area contributed by atoms with Crippen LogP contribution in [0, 0.1) is 0 Å². The topological polar surface area (TPSA) is 30.7 Å². The predicted octanol–water partition coefficient (Wildman–Crippen LogP) is 3.35. The Morgan fingerprint density at radius 1 is 1.05 bits per heavy atom. The molecule has 1 aliphatic rings. The molecule has 98 valence electrons. The number of nitrogens with zero attached hydrogens (tertiary/aromatic N) is 3. The van der Waals surface area contributed by atoms with Gasteiger partial charge in [-0.1, -0.05) is 30.3 Å². The number of aryl methyl sites for hydroxylation is 1. The van der Waals surface area contributed by atoms with Gasteiger partial charge in [0, 0.05) is 18.3 Å². The maximum atomic E-state index is 4.80. The number of rotatable bonds is 2. The van der Waals surface area contributed by atoms with Crippen molar-refractivity contribution in [2.75, 3.05) is 0 Å². The van der Waals surface area contributed by atoms with E-state index in [1.807, 2.05) is 23.0 Å². The Morgan fingerprint density at radius 2 is 1.95 bits per heavy atom. The second-order valence-corrected chi connectivity index (χ2v) is 5.20. The Morgan fingerprint density at radius 3 is 2.75 bits per heavy atom. The molecule has 1 aliphatic carbocycles.